The Morgan fingerprint density at radius 3 is 2.64 bits per heavy atom. The van der Waals surface area contributed by atoms with Crippen LogP contribution in [-0.4, -0.2) is 29.3 Å². The van der Waals surface area contributed by atoms with Gasteiger partial charge in [0.2, 0.25) is 5.91 Å². The summed E-state index contributed by atoms with van der Waals surface area (Å²) in [6.07, 6.45) is 0.483. The van der Waals surface area contributed by atoms with Crippen molar-refractivity contribution < 1.29 is 14.6 Å². The molecule has 0 bridgehead atoms. The number of carbonyl (C=O) groups excluding carboxylic acids is 1. The summed E-state index contributed by atoms with van der Waals surface area (Å²) in [5.74, 6) is -0.0382. The molecule has 1 aliphatic rings. The zero-order valence-corrected chi connectivity index (χ0v) is 14.0. The highest BCUT2D eigenvalue weighted by Crippen LogP contribution is 2.50. The predicted octanol–water partition coefficient (Wildman–Crippen LogP) is 2.48. The molecule has 2 rings (SSSR count). The van der Waals surface area contributed by atoms with Crippen molar-refractivity contribution in [2.24, 2.45) is 11.1 Å². The lowest BCUT2D eigenvalue weighted by Crippen LogP contribution is -2.74. The van der Waals surface area contributed by atoms with Crippen molar-refractivity contribution in [1.82, 2.24) is 0 Å². The van der Waals surface area contributed by atoms with Crippen molar-refractivity contribution in [3.05, 3.63) is 23.3 Å². The fourth-order valence-corrected chi connectivity index (χ4v) is 3.03. The third-order valence-electron chi connectivity index (χ3n) is 5.12. The molecular weight excluding hydrogens is 280 g/mol. The highest BCUT2D eigenvalue weighted by Gasteiger charge is 2.62. The highest BCUT2D eigenvalue weighted by molar-refractivity contribution is 6.00. The van der Waals surface area contributed by atoms with Crippen LogP contribution in [0, 0.1) is 19.3 Å². The van der Waals surface area contributed by atoms with Crippen molar-refractivity contribution in [2.75, 3.05) is 11.9 Å². The Morgan fingerprint density at radius 2 is 2.09 bits per heavy atom. The van der Waals surface area contributed by atoms with Gasteiger partial charge >= 0.3 is 0 Å². The summed E-state index contributed by atoms with van der Waals surface area (Å²) in [5.41, 5.74) is 6.96. The van der Waals surface area contributed by atoms with E-state index in [4.69, 9.17) is 10.5 Å². The van der Waals surface area contributed by atoms with Crippen LogP contribution in [0.4, 0.5) is 5.69 Å². The summed E-state index contributed by atoms with van der Waals surface area (Å²) in [5, 5.41) is 12.8. The quantitative estimate of drug-likeness (QED) is 0.798. The number of carbonyl (C=O) groups is 1. The van der Waals surface area contributed by atoms with E-state index in [2.05, 4.69) is 5.32 Å². The van der Waals surface area contributed by atoms with Gasteiger partial charge in [-0.1, -0.05) is 19.9 Å². The van der Waals surface area contributed by atoms with Crippen LogP contribution in [0.5, 0.6) is 5.75 Å². The fraction of sp³-hybridized carbons (Fsp3) is 0.588. The van der Waals surface area contributed by atoms with Crippen molar-refractivity contribution in [2.45, 2.75) is 52.7 Å². The average molecular weight is 306 g/mol. The molecule has 1 fully saturated rings. The number of phenols is 1. The van der Waals surface area contributed by atoms with E-state index in [1.54, 1.807) is 19.1 Å². The first-order valence-electron chi connectivity index (χ1n) is 7.66. The number of hydrogen-bond acceptors (Lipinski definition) is 4. The van der Waals surface area contributed by atoms with Crippen molar-refractivity contribution in [3.8, 4) is 5.75 Å². The predicted molar refractivity (Wildman–Crippen MR) is 86.9 cm³/mol. The Labute approximate surface area is 131 Å². The Kier molecular flexibility index (Phi) is 4.24. The molecule has 1 aliphatic carbocycles. The normalized spacial score (nSPS) is 26.4. The number of aryl methyl sites for hydroxylation is 1. The largest absolute Gasteiger partial charge is 0.507 e. The molecular formula is C17H26N2O3. The third-order valence-corrected chi connectivity index (χ3v) is 5.12. The molecule has 0 aromatic heterocycles. The van der Waals surface area contributed by atoms with Crippen LogP contribution in [0.2, 0.25) is 0 Å². The lowest BCUT2D eigenvalue weighted by atomic mass is 9.54. The second-order valence-corrected chi connectivity index (χ2v) is 6.70. The van der Waals surface area contributed by atoms with E-state index >= 15 is 0 Å². The Bertz CT molecular complexity index is 598. The molecule has 0 aliphatic heterocycles. The van der Waals surface area contributed by atoms with Crippen molar-refractivity contribution in [3.63, 3.8) is 0 Å². The number of ether oxygens (including phenoxy) is 1. The van der Waals surface area contributed by atoms with E-state index in [0.29, 0.717) is 24.3 Å². The van der Waals surface area contributed by atoms with Gasteiger partial charge in [-0.3, -0.25) is 4.79 Å². The number of amides is 1. The van der Waals surface area contributed by atoms with Gasteiger partial charge in [0.05, 0.1) is 6.10 Å². The Hall–Kier alpha value is -1.59. The molecule has 1 amide bonds. The summed E-state index contributed by atoms with van der Waals surface area (Å²) in [4.78, 5) is 12.7. The molecule has 122 valence electrons. The number of anilines is 1. The monoisotopic (exact) mass is 306 g/mol. The molecule has 1 aromatic rings. The van der Waals surface area contributed by atoms with Gasteiger partial charge < -0.3 is 20.9 Å². The topological polar surface area (TPSA) is 84.6 Å². The molecule has 22 heavy (non-hydrogen) atoms. The second-order valence-electron chi connectivity index (χ2n) is 6.70. The van der Waals surface area contributed by atoms with Gasteiger partial charge in [0.1, 0.15) is 11.3 Å². The molecule has 2 atom stereocenters. The number of rotatable bonds is 4. The summed E-state index contributed by atoms with van der Waals surface area (Å²) in [6.45, 7) is 10.0. The summed E-state index contributed by atoms with van der Waals surface area (Å²) >= 11 is 0. The molecule has 1 aromatic carbocycles. The standard InChI is InChI=1S/C17H26N2O3/c1-6-22-13-9-17(18,16(13,4)5)15(21)19-12-8-7-10(2)14(20)11(12)3/h7-8,13,20H,6,9,18H2,1-5H3,(H,19,21). The average Bonchev–Trinajstić information content (AvgIpc) is 2.47. The maximum atomic E-state index is 12.7. The molecule has 2 unspecified atom stereocenters. The SMILES string of the molecule is CCOC1CC(N)(C(=O)Nc2ccc(C)c(O)c2C)C1(C)C. The molecule has 5 heteroatoms. The molecule has 0 radical (unpaired) electrons. The number of nitrogens with two attached hydrogens (primary N) is 1. The van der Waals surface area contributed by atoms with Gasteiger partial charge in [0, 0.05) is 29.7 Å². The Morgan fingerprint density at radius 1 is 1.45 bits per heavy atom. The molecule has 0 heterocycles. The van der Waals surface area contributed by atoms with E-state index in [-0.39, 0.29) is 17.8 Å². The summed E-state index contributed by atoms with van der Waals surface area (Å²) < 4.78 is 5.65. The van der Waals surface area contributed by atoms with Crippen LogP contribution in [0.3, 0.4) is 0 Å². The zero-order chi connectivity index (χ0) is 16.7. The third kappa shape index (κ3) is 2.38. The molecule has 4 N–H and O–H groups in total. The minimum Gasteiger partial charge on any atom is -0.507 e. The van der Waals surface area contributed by atoms with Gasteiger partial charge in [-0.2, -0.15) is 0 Å². The van der Waals surface area contributed by atoms with E-state index in [9.17, 15) is 9.90 Å². The van der Waals surface area contributed by atoms with Crippen molar-refractivity contribution in [1.29, 1.82) is 0 Å². The highest BCUT2D eigenvalue weighted by atomic mass is 16.5. The van der Waals surface area contributed by atoms with Gasteiger partial charge in [-0.05, 0) is 32.4 Å². The number of aromatic hydroxyl groups is 1. The first-order chi connectivity index (χ1) is 10.1. The smallest absolute Gasteiger partial charge is 0.245 e. The fourth-order valence-electron chi connectivity index (χ4n) is 3.03. The number of benzene rings is 1. The first kappa shape index (κ1) is 16.8. The number of hydrogen-bond donors (Lipinski definition) is 3. The first-order valence-corrected chi connectivity index (χ1v) is 7.66. The summed E-state index contributed by atoms with van der Waals surface area (Å²) in [6, 6.07) is 3.56. The van der Waals surface area contributed by atoms with Crippen LogP contribution in [0.1, 0.15) is 38.3 Å². The van der Waals surface area contributed by atoms with E-state index in [1.807, 2.05) is 27.7 Å². The lowest BCUT2D eigenvalue weighted by Gasteiger charge is -2.57. The van der Waals surface area contributed by atoms with Gasteiger partial charge in [0.15, 0.2) is 0 Å². The van der Waals surface area contributed by atoms with Crippen LogP contribution >= 0.6 is 0 Å². The lowest BCUT2D eigenvalue weighted by molar-refractivity contribution is -0.166. The van der Waals surface area contributed by atoms with Gasteiger partial charge in [0.25, 0.3) is 0 Å². The number of nitrogens with one attached hydrogen (secondary N) is 1. The number of phenolic OH excluding ortho intramolecular Hbond substituents is 1. The molecule has 0 spiro atoms. The van der Waals surface area contributed by atoms with Crippen molar-refractivity contribution >= 4 is 11.6 Å². The molecule has 0 saturated heterocycles. The van der Waals surface area contributed by atoms with Crippen LogP contribution < -0.4 is 11.1 Å². The van der Waals surface area contributed by atoms with E-state index < -0.39 is 11.0 Å². The zero-order valence-electron chi connectivity index (χ0n) is 14.0. The van der Waals surface area contributed by atoms with Crippen LogP contribution in [-0.2, 0) is 9.53 Å². The minimum atomic E-state index is -0.972. The van der Waals surface area contributed by atoms with Gasteiger partial charge in [-0.15, -0.1) is 0 Å². The molecule has 1 saturated carbocycles. The Balaban J connectivity index is 2.19. The van der Waals surface area contributed by atoms with E-state index in [1.165, 1.54) is 0 Å². The summed E-state index contributed by atoms with van der Waals surface area (Å²) in [7, 11) is 0. The molecule has 5 nitrogen and oxygen atoms in total. The van der Waals surface area contributed by atoms with Crippen LogP contribution in [0.15, 0.2) is 12.1 Å². The maximum absolute atomic E-state index is 12.7. The van der Waals surface area contributed by atoms with E-state index in [0.717, 1.165) is 5.56 Å². The van der Waals surface area contributed by atoms with Gasteiger partial charge in [-0.25, -0.2) is 0 Å². The van der Waals surface area contributed by atoms with Crippen LogP contribution in [0.25, 0.3) is 0 Å². The minimum absolute atomic E-state index is 0.0132. The second kappa shape index (κ2) is 5.56. The maximum Gasteiger partial charge on any atom is 0.245 e.